The third kappa shape index (κ3) is 4.00. The molecule has 0 aromatic heterocycles. The third-order valence-corrected chi connectivity index (χ3v) is 7.00. The average molecular weight is 434 g/mol. The minimum atomic E-state index is -3.69. The van der Waals surface area contributed by atoms with E-state index in [9.17, 15) is 13.2 Å². The van der Waals surface area contributed by atoms with E-state index in [4.69, 9.17) is 34.8 Å². The number of sulfonamides is 1. The van der Waals surface area contributed by atoms with Crippen LogP contribution in [0.2, 0.25) is 15.1 Å². The van der Waals surface area contributed by atoms with E-state index < -0.39 is 10.0 Å². The van der Waals surface area contributed by atoms with E-state index in [1.54, 1.807) is 29.2 Å². The molecule has 1 saturated heterocycles. The summed E-state index contributed by atoms with van der Waals surface area (Å²) in [4.78, 5) is 14.2. The van der Waals surface area contributed by atoms with Gasteiger partial charge in [-0.1, -0.05) is 40.9 Å². The predicted molar refractivity (Wildman–Crippen MR) is 103 cm³/mol. The maximum absolute atomic E-state index is 12.7. The summed E-state index contributed by atoms with van der Waals surface area (Å²) >= 11 is 17.7. The Hall–Kier alpha value is -1.31. The fourth-order valence-corrected chi connectivity index (χ4v) is 4.72. The first-order chi connectivity index (χ1) is 12.3. The number of benzene rings is 2. The van der Waals surface area contributed by atoms with E-state index in [1.165, 1.54) is 22.5 Å². The van der Waals surface area contributed by atoms with Crippen LogP contribution in [0.3, 0.4) is 0 Å². The highest BCUT2D eigenvalue weighted by Crippen LogP contribution is 2.27. The van der Waals surface area contributed by atoms with Gasteiger partial charge in [-0.25, -0.2) is 8.42 Å². The lowest BCUT2D eigenvalue weighted by atomic mass is 10.2. The van der Waals surface area contributed by atoms with Gasteiger partial charge in [-0.15, -0.1) is 0 Å². The molecule has 0 saturated carbocycles. The number of piperazine rings is 1. The van der Waals surface area contributed by atoms with Gasteiger partial charge in [0.1, 0.15) is 0 Å². The number of hydrogen-bond acceptors (Lipinski definition) is 3. The van der Waals surface area contributed by atoms with Gasteiger partial charge in [0.25, 0.3) is 5.91 Å². The zero-order valence-electron chi connectivity index (χ0n) is 13.5. The van der Waals surface area contributed by atoms with Gasteiger partial charge in [0, 0.05) is 36.8 Å². The van der Waals surface area contributed by atoms with E-state index in [0.29, 0.717) is 28.7 Å². The Morgan fingerprint density at radius 2 is 1.58 bits per heavy atom. The van der Waals surface area contributed by atoms with Gasteiger partial charge in [0.05, 0.1) is 14.9 Å². The molecule has 0 aliphatic carbocycles. The van der Waals surface area contributed by atoms with Crippen molar-refractivity contribution in [2.45, 2.75) is 4.90 Å². The van der Waals surface area contributed by atoms with E-state index >= 15 is 0 Å². The lowest BCUT2D eigenvalue weighted by Crippen LogP contribution is -2.50. The Bertz CT molecular complexity index is 942. The van der Waals surface area contributed by atoms with Crippen LogP contribution in [0.15, 0.2) is 47.4 Å². The molecule has 0 N–H and O–H groups in total. The molecule has 1 fully saturated rings. The molecule has 2 aromatic carbocycles. The molecule has 26 heavy (non-hydrogen) atoms. The topological polar surface area (TPSA) is 57.7 Å². The van der Waals surface area contributed by atoms with Gasteiger partial charge >= 0.3 is 0 Å². The summed E-state index contributed by atoms with van der Waals surface area (Å²) in [5.74, 6) is -0.168. The van der Waals surface area contributed by atoms with Crippen LogP contribution in [-0.2, 0) is 10.0 Å². The van der Waals surface area contributed by atoms with Crippen molar-refractivity contribution in [3.05, 3.63) is 63.1 Å². The Morgan fingerprint density at radius 1 is 0.885 bits per heavy atom. The molecule has 2 aromatic rings. The maximum Gasteiger partial charge on any atom is 0.253 e. The minimum absolute atomic E-state index is 0.0847. The van der Waals surface area contributed by atoms with Crippen molar-refractivity contribution < 1.29 is 13.2 Å². The lowest BCUT2D eigenvalue weighted by Gasteiger charge is -2.34. The van der Waals surface area contributed by atoms with Crippen LogP contribution in [-0.4, -0.2) is 49.7 Å². The van der Waals surface area contributed by atoms with Gasteiger partial charge in [-0.2, -0.15) is 4.31 Å². The molecule has 1 aliphatic rings. The largest absolute Gasteiger partial charge is 0.336 e. The molecule has 0 atom stereocenters. The zero-order chi connectivity index (χ0) is 18.9. The first-order valence-corrected chi connectivity index (χ1v) is 10.4. The number of carbonyl (C=O) groups excluding carboxylic acids is 1. The summed E-state index contributed by atoms with van der Waals surface area (Å²) in [6, 6.07) is 10.9. The van der Waals surface area contributed by atoms with Crippen LogP contribution in [0, 0.1) is 0 Å². The standard InChI is InChI=1S/C17H15Cl3N2O3S/c18-13-3-1-2-12(10-13)17(23)21-6-8-22(9-7-21)26(24,25)14-4-5-15(19)16(20)11-14/h1-5,10-11H,6-9H2. The van der Waals surface area contributed by atoms with Gasteiger partial charge in [-0.3, -0.25) is 4.79 Å². The van der Waals surface area contributed by atoms with Crippen molar-refractivity contribution in [1.82, 2.24) is 9.21 Å². The molecular formula is C17H15Cl3N2O3S. The SMILES string of the molecule is O=C(c1cccc(Cl)c1)N1CCN(S(=O)(=O)c2ccc(Cl)c(Cl)c2)CC1. The highest BCUT2D eigenvalue weighted by atomic mass is 35.5. The van der Waals surface area contributed by atoms with E-state index in [0.717, 1.165) is 0 Å². The van der Waals surface area contributed by atoms with Crippen LogP contribution in [0.4, 0.5) is 0 Å². The van der Waals surface area contributed by atoms with Crippen molar-refractivity contribution in [1.29, 1.82) is 0 Å². The number of nitrogens with zero attached hydrogens (tertiary/aromatic N) is 2. The van der Waals surface area contributed by atoms with E-state index in [-0.39, 0.29) is 28.9 Å². The molecule has 0 bridgehead atoms. The molecular weight excluding hydrogens is 419 g/mol. The summed E-state index contributed by atoms with van der Waals surface area (Å²) in [5.41, 5.74) is 0.485. The molecule has 0 spiro atoms. The second-order valence-electron chi connectivity index (χ2n) is 5.78. The summed E-state index contributed by atoms with van der Waals surface area (Å²) in [6.07, 6.45) is 0. The summed E-state index contributed by atoms with van der Waals surface area (Å²) in [6.45, 7) is 1.00. The highest BCUT2D eigenvalue weighted by Gasteiger charge is 2.30. The fraction of sp³-hybridized carbons (Fsp3) is 0.235. The maximum atomic E-state index is 12.7. The summed E-state index contributed by atoms with van der Waals surface area (Å²) in [5, 5.41) is 0.960. The monoisotopic (exact) mass is 432 g/mol. The summed E-state index contributed by atoms with van der Waals surface area (Å²) in [7, 11) is -3.69. The average Bonchev–Trinajstić information content (AvgIpc) is 2.63. The number of halogens is 3. The molecule has 9 heteroatoms. The van der Waals surface area contributed by atoms with Gasteiger partial charge < -0.3 is 4.90 Å². The van der Waals surface area contributed by atoms with Crippen LogP contribution in [0.1, 0.15) is 10.4 Å². The van der Waals surface area contributed by atoms with Crippen molar-refractivity contribution in [2.24, 2.45) is 0 Å². The fourth-order valence-electron chi connectivity index (χ4n) is 2.72. The highest BCUT2D eigenvalue weighted by molar-refractivity contribution is 7.89. The van der Waals surface area contributed by atoms with Gasteiger partial charge in [0.2, 0.25) is 10.0 Å². The number of carbonyl (C=O) groups is 1. The molecule has 1 heterocycles. The summed E-state index contributed by atoms with van der Waals surface area (Å²) < 4.78 is 26.8. The van der Waals surface area contributed by atoms with E-state index in [2.05, 4.69) is 0 Å². The molecule has 0 radical (unpaired) electrons. The number of rotatable bonds is 3. The Balaban J connectivity index is 1.71. The van der Waals surface area contributed by atoms with Crippen LogP contribution >= 0.6 is 34.8 Å². The Morgan fingerprint density at radius 3 is 2.19 bits per heavy atom. The molecule has 138 valence electrons. The first kappa shape index (κ1) is 19.5. The van der Waals surface area contributed by atoms with Crippen LogP contribution < -0.4 is 0 Å². The second kappa shape index (κ2) is 7.74. The molecule has 3 rings (SSSR count). The zero-order valence-corrected chi connectivity index (χ0v) is 16.6. The smallest absolute Gasteiger partial charge is 0.253 e. The number of hydrogen-bond donors (Lipinski definition) is 0. The quantitative estimate of drug-likeness (QED) is 0.740. The molecule has 1 amide bonds. The van der Waals surface area contributed by atoms with Gasteiger partial charge in [-0.05, 0) is 36.4 Å². The van der Waals surface area contributed by atoms with Crippen molar-refractivity contribution in [3.8, 4) is 0 Å². The lowest BCUT2D eigenvalue weighted by molar-refractivity contribution is 0.0698. The second-order valence-corrected chi connectivity index (χ2v) is 8.97. The Kier molecular flexibility index (Phi) is 5.79. The van der Waals surface area contributed by atoms with Crippen LogP contribution in [0.5, 0.6) is 0 Å². The van der Waals surface area contributed by atoms with Crippen molar-refractivity contribution in [2.75, 3.05) is 26.2 Å². The van der Waals surface area contributed by atoms with Crippen molar-refractivity contribution in [3.63, 3.8) is 0 Å². The normalized spacial score (nSPS) is 15.9. The third-order valence-electron chi connectivity index (χ3n) is 4.13. The first-order valence-electron chi connectivity index (χ1n) is 7.79. The minimum Gasteiger partial charge on any atom is -0.336 e. The molecule has 1 aliphatic heterocycles. The Labute approximate surface area is 167 Å². The predicted octanol–water partition coefficient (Wildman–Crippen LogP) is 3.79. The molecule has 5 nitrogen and oxygen atoms in total. The molecule has 0 unspecified atom stereocenters. The number of amides is 1. The van der Waals surface area contributed by atoms with Gasteiger partial charge in [0.15, 0.2) is 0 Å². The van der Waals surface area contributed by atoms with E-state index in [1.807, 2.05) is 0 Å². The van der Waals surface area contributed by atoms with Crippen molar-refractivity contribution >= 4 is 50.7 Å². The van der Waals surface area contributed by atoms with Crippen LogP contribution in [0.25, 0.3) is 0 Å².